The number of carboxylic acids is 1. The summed E-state index contributed by atoms with van der Waals surface area (Å²) in [6.07, 6.45) is 1.43. The van der Waals surface area contributed by atoms with E-state index >= 15 is 0 Å². The normalized spacial score (nSPS) is 10.4. The quantitative estimate of drug-likeness (QED) is 0.772. The first-order valence-electron chi connectivity index (χ1n) is 4.52. The Labute approximate surface area is 86.4 Å². The molecule has 15 heavy (non-hydrogen) atoms. The molecule has 2 aromatic rings. The van der Waals surface area contributed by atoms with Gasteiger partial charge < -0.3 is 10.8 Å². The molecule has 2 rings (SSSR count). The summed E-state index contributed by atoms with van der Waals surface area (Å²) in [5, 5.41) is 9.58. The van der Waals surface area contributed by atoms with Gasteiger partial charge in [-0.15, -0.1) is 0 Å². The number of carbonyl (C=O) groups is 1. The van der Waals surface area contributed by atoms with Gasteiger partial charge in [0.25, 0.3) is 0 Å². The average Bonchev–Trinajstić information content (AvgIpc) is 2.22. The molecule has 0 bridgehead atoms. The molecule has 0 radical (unpaired) electrons. The molecule has 0 spiro atoms. The predicted octanol–water partition coefficient (Wildman–Crippen LogP) is 1.44. The van der Waals surface area contributed by atoms with Gasteiger partial charge in [-0.05, 0) is 11.6 Å². The number of nitrogens with zero attached hydrogens (tertiary/aromatic N) is 1. The van der Waals surface area contributed by atoms with Crippen molar-refractivity contribution in [1.82, 2.24) is 4.98 Å². The minimum absolute atomic E-state index is 0.0745. The van der Waals surface area contributed by atoms with Gasteiger partial charge in [0.15, 0.2) is 0 Å². The molecule has 0 saturated carbocycles. The van der Waals surface area contributed by atoms with Crippen molar-refractivity contribution < 1.29 is 9.90 Å². The van der Waals surface area contributed by atoms with Crippen molar-refractivity contribution in [3.63, 3.8) is 0 Å². The molecule has 0 aliphatic carbocycles. The number of aliphatic carboxylic acids is 1. The lowest BCUT2D eigenvalue weighted by atomic mass is 10.0. The van der Waals surface area contributed by atoms with Crippen molar-refractivity contribution in [3.05, 3.63) is 36.0 Å². The van der Waals surface area contributed by atoms with Crippen molar-refractivity contribution >= 4 is 22.6 Å². The van der Waals surface area contributed by atoms with Crippen LogP contribution in [0.1, 0.15) is 5.56 Å². The molecule has 1 aromatic carbocycles. The van der Waals surface area contributed by atoms with Crippen LogP contribution in [0.2, 0.25) is 0 Å². The summed E-state index contributed by atoms with van der Waals surface area (Å²) in [7, 11) is 0. The van der Waals surface area contributed by atoms with E-state index in [4.69, 9.17) is 10.8 Å². The Bertz CT molecular complexity index is 523. The summed E-state index contributed by atoms with van der Waals surface area (Å²) in [6, 6.07) is 7.36. The Hall–Kier alpha value is -2.10. The summed E-state index contributed by atoms with van der Waals surface area (Å²) < 4.78 is 0. The number of hydrogen-bond acceptors (Lipinski definition) is 3. The van der Waals surface area contributed by atoms with Crippen LogP contribution in [-0.4, -0.2) is 16.1 Å². The molecule has 0 saturated heterocycles. The smallest absolute Gasteiger partial charge is 0.307 e. The average molecular weight is 202 g/mol. The molecule has 3 N–H and O–H groups in total. The monoisotopic (exact) mass is 202 g/mol. The number of nitrogen functional groups attached to an aromatic ring is 1. The van der Waals surface area contributed by atoms with Gasteiger partial charge in [0.05, 0.1) is 23.8 Å². The van der Waals surface area contributed by atoms with Crippen LogP contribution < -0.4 is 5.73 Å². The molecule has 0 aliphatic heterocycles. The molecule has 76 valence electrons. The first-order valence-corrected chi connectivity index (χ1v) is 4.52. The van der Waals surface area contributed by atoms with E-state index in [1.54, 1.807) is 0 Å². The van der Waals surface area contributed by atoms with Gasteiger partial charge in [0, 0.05) is 5.39 Å². The van der Waals surface area contributed by atoms with Gasteiger partial charge >= 0.3 is 5.97 Å². The summed E-state index contributed by atoms with van der Waals surface area (Å²) in [6.45, 7) is 0. The third-order valence-electron chi connectivity index (χ3n) is 2.25. The van der Waals surface area contributed by atoms with E-state index in [0.717, 1.165) is 10.9 Å². The molecule has 0 amide bonds. The summed E-state index contributed by atoms with van der Waals surface area (Å²) in [5.74, 6) is -0.891. The van der Waals surface area contributed by atoms with Crippen molar-refractivity contribution in [2.24, 2.45) is 0 Å². The fourth-order valence-electron chi connectivity index (χ4n) is 1.56. The van der Waals surface area contributed by atoms with Crippen LogP contribution in [0, 0.1) is 0 Å². The van der Waals surface area contributed by atoms with E-state index in [1.165, 1.54) is 6.20 Å². The maximum absolute atomic E-state index is 10.7. The summed E-state index contributed by atoms with van der Waals surface area (Å²) in [4.78, 5) is 14.8. The summed E-state index contributed by atoms with van der Waals surface area (Å²) >= 11 is 0. The SMILES string of the molecule is Nc1cnc2ccccc2c1CC(=O)O. The number of rotatable bonds is 2. The number of pyridine rings is 1. The number of nitrogens with two attached hydrogens (primary N) is 1. The highest BCUT2D eigenvalue weighted by Gasteiger charge is 2.09. The van der Waals surface area contributed by atoms with Crippen molar-refractivity contribution in [2.45, 2.75) is 6.42 Å². The van der Waals surface area contributed by atoms with Crippen LogP contribution in [0.5, 0.6) is 0 Å². The highest BCUT2D eigenvalue weighted by molar-refractivity contribution is 5.89. The molecule has 0 unspecified atom stereocenters. The highest BCUT2D eigenvalue weighted by Crippen LogP contribution is 2.22. The number of hydrogen-bond donors (Lipinski definition) is 2. The van der Waals surface area contributed by atoms with Crippen LogP contribution >= 0.6 is 0 Å². The molecule has 4 heteroatoms. The second kappa shape index (κ2) is 3.57. The Morgan fingerprint density at radius 2 is 2.13 bits per heavy atom. The fraction of sp³-hybridized carbons (Fsp3) is 0.0909. The lowest BCUT2D eigenvalue weighted by Gasteiger charge is -2.06. The van der Waals surface area contributed by atoms with E-state index in [2.05, 4.69) is 4.98 Å². The largest absolute Gasteiger partial charge is 0.481 e. The Kier molecular flexibility index (Phi) is 2.25. The first-order chi connectivity index (χ1) is 7.18. The fourth-order valence-corrected chi connectivity index (χ4v) is 1.56. The van der Waals surface area contributed by atoms with Crippen LogP contribution in [-0.2, 0) is 11.2 Å². The number of anilines is 1. The number of fused-ring (bicyclic) bond motifs is 1. The van der Waals surface area contributed by atoms with E-state index in [-0.39, 0.29) is 6.42 Å². The van der Waals surface area contributed by atoms with E-state index in [1.807, 2.05) is 24.3 Å². The Balaban J connectivity index is 2.68. The third kappa shape index (κ3) is 1.74. The van der Waals surface area contributed by atoms with Crippen LogP contribution in [0.15, 0.2) is 30.5 Å². The van der Waals surface area contributed by atoms with Gasteiger partial charge in [0.2, 0.25) is 0 Å². The molecular weight excluding hydrogens is 192 g/mol. The van der Waals surface area contributed by atoms with Crippen molar-refractivity contribution in [3.8, 4) is 0 Å². The minimum atomic E-state index is -0.891. The Morgan fingerprint density at radius 3 is 2.87 bits per heavy atom. The van der Waals surface area contributed by atoms with Crippen LogP contribution in [0.25, 0.3) is 10.9 Å². The third-order valence-corrected chi connectivity index (χ3v) is 2.25. The van der Waals surface area contributed by atoms with Crippen molar-refractivity contribution in [1.29, 1.82) is 0 Å². The van der Waals surface area contributed by atoms with E-state index in [0.29, 0.717) is 11.3 Å². The number of para-hydroxylation sites is 1. The predicted molar refractivity (Wildman–Crippen MR) is 57.5 cm³/mol. The maximum atomic E-state index is 10.7. The van der Waals surface area contributed by atoms with Crippen LogP contribution in [0.3, 0.4) is 0 Å². The molecule has 0 fully saturated rings. The van der Waals surface area contributed by atoms with Gasteiger partial charge in [-0.1, -0.05) is 18.2 Å². The van der Waals surface area contributed by atoms with Gasteiger partial charge in [0.1, 0.15) is 0 Å². The van der Waals surface area contributed by atoms with Gasteiger partial charge in [-0.2, -0.15) is 0 Å². The van der Waals surface area contributed by atoms with Crippen molar-refractivity contribution in [2.75, 3.05) is 5.73 Å². The van der Waals surface area contributed by atoms with Gasteiger partial charge in [-0.3, -0.25) is 9.78 Å². The minimum Gasteiger partial charge on any atom is -0.481 e. The van der Waals surface area contributed by atoms with E-state index in [9.17, 15) is 4.79 Å². The lowest BCUT2D eigenvalue weighted by Crippen LogP contribution is -2.05. The molecule has 4 nitrogen and oxygen atoms in total. The topological polar surface area (TPSA) is 76.2 Å². The highest BCUT2D eigenvalue weighted by atomic mass is 16.4. The second-order valence-corrected chi connectivity index (χ2v) is 3.28. The molecule has 1 heterocycles. The van der Waals surface area contributed by atoms with Crippen LogP contribution in [0.4, 0.5) is 5.69 Å². The molecule has 0 atom stereocenters. The number of aromatic nitrogens is 1. The van der Waals surface area contributed by atoms with Gasteiger partial charge in [-0.25, -0.2) is 0 Å². The second-order valence-electron chi connectivity index (χ2n) is 3.28. The molecule has 0 aliphatic rings. The zero-order chi connectivity index (χ0) is 10.8. The first kappa shape index (κ1) is 9.45. The van der Waals surface area contributed by atoms with E-state index < -0.39 is 5.97 Å². The molecule has 1 aromatic heterocycles. The zero-order valence-electron chi connectivity index (χ0n) is 7.97. The lowest BCUT2D eigenvalue weighted by molar-refractivity contribution is -0.136. The maximum Gasteiger partial charge on any atom is 0.307 e. The zero-order valence-corrected chi connectivity index (χ0v) is 7.97. The molecular formula is C11H10N2O2. The summed E-state index contributed by atoms with van der Waals surface area (Å²) in [5.41, 5.74) is 7.54. The standard InChI is InChI=1S/C11H10N2O2/c12-9-6-13-10-4-2-1-3-7(10)8(9)5-11(14)15/h1-4,6H,5,12H2,(H,14,15). The Morgan fingerprint density at radius 1 is 1.40 bits per heavy atom. The number of benzene rings is 1. The number of carboxylic acid groups (broad SMARTS) is 1.